The van der Waals surface area contributed by atoms with Gasteiger partial charge >= 0.3 is 5.69 Å². The summed E-state index contributed by atoms with van der Waals surface area (Å²) < 4.78 is 6.28. The Morgan fingerprint density at radius 1 is 1.25 bits per heavy atom. The summed E-state index contributed by atoms with van der Waals surface area (Å²) in [6.45, 7) is 2.26. The molecule has 0 aromatic heterocycles. The first-order valence-corrected chi connectivity index (χ1v) is 6.72. The minimum absolute atomic E-state index is 0.0945. The Kier molecular flexibility index (Phi) is 4.36. The van der Waals surface area contributed by atoms with Gasteiger partial charge in [0, 0.05) is 22.6 Å². The monoisotopic (exact) mass is 336 g/mol. The average Bonchev–Trinajstić information content (AvgIpc) is 2.42. The van der Waals surface area contributed by atoms with Crippen LogP contribution in [0.5, 0.6) is 11.5 Å². The summed E-state index contributed by atoms with van der Waals surface area (Å²) in [4.78, 5) is 10.6. The molecule has 104 valence electrons. The van der Waals surface area contributed by atoms with Crippen molar-refractivity contribution in [3.8, 4) is 11.5 Å². The summed E-state index contributed by atoms with van der Waals surface area (Å²) >= 11 is 3.21. The second kappa shape index (κ2) is 6.02. The topological polar surface area (TPSA) is 78.4 Å². The smallest absolute Gasteiger partial charge is 0.312 e. The molecule has 2 rings (SSSR count). The summed E-state index contributed by atoms with van der Waals surface area (Å²) in [7, 11) is 0. The molecule has 0 atom stereocenters. The van der Waals surface area contributed by atoms with Gasteiger partial charge in [-0.25, -0.2) is 0 Å². The molecule has 0 spiro atoms. The van der Waals surface area contributed by atoms with Gasteiger partial charge in [-0.05, 0) is 25.1 Å². The lowest BCUT2D eigenvalue weighted by Crippen LogP contribution is -2.01. The molecular weight excluding hydrogens is 324 g/mol. The first-order valence-electron chi connectivity index (χ1n) is 5.92. The molecule has 20 heavy (non-hydrogen) atoms. The SMILES string of the molecule is Cc1ccc(Oc2ccc(Br)cc2[N+](=O)[O-])c(CN)c1. The quantitative estimate of drug-likeness (QED) is 0.677. The van der Waals surface area contributed by atoms with Crippen LogP contribution in [0, 0.1) is 17.0 Å². The highest BCUT2D eigenvalue weighted by Gasteiger charge is 2.17. The van der Waals surface area contributed by atoms with Crippen molar-refractivity contribution in [2.45, 2.75) is 13.5 Å². The highest BCUT2D eigenvalue weighted by molar-refractivity contribution is 9.10. The fourth-order valence-corrected chi connectivity index (χ4v) is 2.15. The molecule has 2 N–H and O–H groups in total. The molecule has 0 aliphatic rings. The van der Waals surface area contributed by atoms with Crippen molar-refractivity contribution in [1.29, 1.82) is 0 Å². The molecular formula is C14H13BrN2O3. The maximum absolute atomic E-state index is 11.1. The normalized spacial score (nSPS) is 10.3. The van der Waals surface area contributed by atoms with Crippen LogP contribution in [0.25, 0.3) is 0 Å². The van der Waals surface area contributed by atoms with Gasteiger partial charge in [-0.2, -0.15) is 0 Å². The molecule has 0 saturated heterocycles. The highest BCUT2D eigenvalue weighted by atomic mass is 79.9. The third kappa shape index (κ3) is 3.15. The van der Waals surface area contributed by atoms with Gasteiger partial charge in [0.05, 0.1) is 4.92 Å². The first-order chi connectivity index (χ1) is 9.51. The number of rotatable bonds is 4. The molecule has 6 heteroatoms. The zero-order chi connectivity index (χ0) is 14.7. The van der Waals surface area contributed by atoms with E-state index in [-0.39, 0.29) is 11.4 Å². The average molecular weight is 337 g/mol. The van der Waals surface area contributed by atoms with E-state index in [4.69, 9.17) is 10.5 Å². The number of nitro groups is 1. The lowest BCUT2D eigenvalue weighted by Gasteiger charge is -2.11. The van der Waals surface area contributed by atoms with Gasteiger partial charge in [-0.1, -0.05) is 33.6 Å². The molecule has 5 nitrogen and oxygen atoms in total. The lowest BCUT2D eigenvalue weighted by atomic mass is 10.1. The molecule has 0 saturated carbocycles. The van der Waals surface area contributed by atoms with E-state index in [0.717, 1.165) is 11.1 Å². The molecule has 0 amide bonds. The van der Waals surface area contributed by atoms with E-state index >= 15 is 0 Å². The van der Waals surface area contributed by atoms with Crippen molar-refractivity contribution in [2.75, 3.05) is 0 Å². The number of hydrogen-bond donors (Lipinski definition) is 1. The van der Waals surface area contributed by atoms with E-state index in [1.165, 1.54) is 6.07 Å². The van der Waals surface area contributed by atoms with Crippen molar-refractivity contribution >= 4 is 21.6 Å². The Hall–Kier alpha value is -1.92. The van der Waals surface area contributed by atoms with Crippen LogP contribution in [0.1, 0.15) is 11.1 Å². The fourth-order valence-electron chi connectivity index (χ4n) is 1.81. The van der Waals surface area contributed by atoms with E-state index in [0.29, 0.717) is 16.8 Å². The summed E-state index contributed by atoms with van der Waals surface area (Å²) in [6, 6.07) is 10.2. The molecule has 2 aromatic carbocycles. The zero-order valence-electron chi connectivity index (χ0n) is 10.8. The Balaban J connectivity index is 2.42. The number of nitrogens with two attached hydrogens (primary N) is 1. The molecule has 2 aromatic rings. The van der Waals surface area contributed by atoms with Gasteiger partial charge in [-0.3, -0.25) is 10.1 Å². The Bertz CT molecular complexity index is 659. The van der Waals surface area contributed by atoms with Crippen molar-refractivity contribution in [2.24, 2.45) is 5.73 Å². The number of nitrogens with zero attached hydrogens (tertiary/aromatic N) is 1. The van der Waals surface area contributed by atoms with Crippen LogP contribution in [0.4, 0.5) is 5.69 Å². The molecule has 0 unspecified atom stereocenters. The third-order valence-corrected chi connectivity index (χ3v) is 3.27. The van der Waals surface area contributed by atoms with Crippen LogP contribution in [-0.4, -0.2) is 4.92 Å². The van der Waals surface area contributed by atoms with Gasteiger partial charge < -0.3 is 10.5 Å². The first kappa shape index (κ1) is 14.5. The van der Waals surface area contributed by atoms with E-state index < -0.39 is 4.92 Å². The molecule has 0 aliphatic carbocycles. The number of aryl methyl sites for hydroxylation is 1. The van der Waals surface area contributed by atoms with Crippen LogP contribution in [0.15, 0.2) is 40.9 Å². The Labute approximate surface area is 124 Å². The second-order valence-electron chi connectivity index (χ2n) is 4.29. The molecule has 0 aliphatic heterocycles. The van der Waals surface area contributed by atoms with E-state index in [2.05, 4.69) is 15.9 Å². The second-order valence-corrected chi connectivity index (χ2v) is 5.20. The molecule has 0 bridgehead atoms. The number of ether oxygens (including phenoxy) is 1. The number of halogens is 1. The molecule has 0 fully saturated rings. The molecule has 0 heterocycles. The maximum Gasteiger partial charge on any atom is 0.312 e. The lowest BCUT2D eigenvalue weighted by molar-refractivity contribution is -0.385. The number of nitro benzene ring substituents is 1. The van der Waals surface area contributed by atoms with Gasteiger partial charge in [-0.15, -0.1) is 0 Å². The van der Waals surface area contributed by atoms with Gasteiger partial charge in [0.2, 0.25) is 5.75 Å². The number of benzene rings is 2. The van der Waals surface area contributed by atoms with E-state index in [1.807, 2.05) is 19.1 Å². The predicted octanol–water partition coefficient (Wildman–Crippen LogP) is 3.92. The summed E-state index contributed by atoms with van der Waals surface area (Å²) in [5, 5.41) is 11.1. The number of hydrogen-bond acceptors (Lipinski definition) is 4. The largest absolute Gasteiger partial charge is 0.450 e. The van der Waals surface area contributed by atoms with Crippen LogP contribution in [0.2, 0.25) is 0 Å². The van der Waals surface area contributed by atoms with E-state index in [9.17, 15) is 10.1 Å². The summed E-state index contributed by atoms with van der Waals surface area (Å²) in [5.74, 6) is 0.722. The summed E-state index contributed by atoms with van der Waals surface area (Å²) in [6.07, 6.45) is 0. The van der Waals surface area contributed by atoms with Gasteiger partial charge in [0.25, 0.3) is 0 Å². The third-order valence-electron chi connectivity index (χ3n) is 2.77. The van der Waals surface area contributed by atoms with Gasteiger partial charge in [0.1, 0.15) is 5.75 Å². The Morgan fingerprint density at radius 2 is 1.95 bits per heavy atom. The van der Waals surface area contributed by atoms with E-state index in [1.54, 1.807) is 18.2 Å². The Morgan fingerprint density at radius 3 is 2.60 bits per heavy atom. The fraction of sp³-hybridized carbons (Fsp3) is 0.143. The minimum atomic E-state index is -0.476. The van der Waals surface area contributed by atoms with Crippen molar-refractivity contribution in [3.63, 3.8) is 0 Å². The summed E-state index contributed by atoms with van der Waals surface area (Å²) in [5.41, 5.74) is 7.45. The minimum Gasteiger partial charge on any atom is -0.450 e. The van der Waals surface area contributed by atoms with Crippen LogP contribution in [-0.2, 0) is 6.54 Å². The van der Waals surface area contributed by atoms with Crippen LogP contribution < -0.4 is 10.5 Å². The zero-order valence-corrected chi connectivity index (χ0v) is 12.4. The standard InChI is InChI=1S/C14H13BrN2O3/c1-9-2-4-13(10(6-9)8-16)20-14-5-3-11(15)7-12(14)17(18)19/h2-7H,8,16H2,1H3. The predicted molar refractivity (Wildman–Crippen MR) is 79.9 cm³/mol. The maximum atomic E-state index is 11.1. The van der Waals surface area contributed by atoms with Crippen LogP contribution in [0.3, 0.4) is 0 Å². The van der Waals surface area contributed by atoms with Crippen molar-refractivity contribution in [3.05, 3.63) is 62.1 Å². The van der Waals surface area contributed by atoms with Gasteiger partial charge in [0.15, 0.2) is 0 Å². The molecule has 0 radical (unpaired) electrons. The highest BCUT2D eigenvalue weighted by Crippen LogP contribution is 2.35. The van der Waals surface area contributed by atoms with Crippen molar-refractivity contribution in [1.82, 2.24) is 0 Å². The van der Waals surface area contributed by atoms with Crippen molar-refractivity contribution < 1.29 is 9.66 Å². The van der Waals surface area contributed by atoms with Crippen LogP contribution >= 0.6 is 15.9 Å².